The van der Waals surface area contributed by atoms with E-state index >= 15 is 0 Å². The predicted octanol–water partition coefficient (Wildman–Crippen LogP) is 5.72. The molecule has 0 radical (unpaired) electrons. The number of hydrogen-bond acceptors (Lipinski definition) is 8. The van der Waals surface area contributed by atoms with E-state index in [0.717, 1.165) is 24.7 Å². The smallest absolute Gasteiger partial charge is 0.416 e. The molecule has 0 saturated heterocycles. The monoisotopic (exact) mass is 579 g/mol. The van der Waals surface area contributed by atoms with Crippen molar-refractivity contribution in [3.63, 3.8) is 0 Å². The van der Waals surface area contributed by atoms with Crippen molar-refractivity contribution in [2.24, 2.45) is 11.7 Å². The standard InChI is InChI=1S/C29H31F2N7O4/c1-29(2,3)42-28(40)37(14-18-4-5-18)23-12-19(10-11-33-23)27-35-22(16-41-27)26(39)34-21-15-38(36-24(21)25(30)31)20-8-6-17(13-32)7-9-20/h6-12,15-16,18,25H,4-5,13-14,32H2,1-3H3,(H,34,39). The minimum atomic E-state index is -2.93. The normalized spacial score (nSPS) is 13.3. The molecule has 3 N–H and O–H groups in total. The topological polar surface area (TPSA) is 141 Å². The molecule has 1 aliphatic rings. The molecule has 5 rings (SSSR count). The quantitative estimate of drug-likeness (QED) is 0.256. The summed E-state index contributed by atoms with van der Waals surface area (Å²) >= 11 is 0. The van der Waals surface area contributed by atoms with Crippen molar-refractivity contribution in [2.45, 2.75) is 52.2 Å². The van der Waals surface area contributed by atoms with Crippen LogP contribution in [0.5, 0.6) is 0 Å². The van der Waals surface area contributed by atoms with Gasteiger partial charge in [0.25, 0.3) is 12.3 Å². The van der Waals surface area contributed by atoms with Crippen LogP contribution < -0.4 is 16.0 Å². The van der Waals surface area contributed by atoms with Crippen LogP contribution in [0.2, 0.25) is 0 Å². The van der Waals surface area contributed by atoms with Gasteiger partial charge in [0.05, 0.1) is 17.6 Å². The summed E-state index contributed by atoms with van der Waals surface area (Å²) in [4.78, 5) is 36.0. The minimum absolute atomic E-state index is 0.0872. The van der Waals surface area contributed by atoms with E-state index in [0.29, 0.717) is 36.1 Å². The van der Waals surface area contributed by atoms with Crippen molar-refractivity contribution < 1.29 is 27.5 Å². The molecule has 1 aromatic carbocycles. The average molecular weight is 580 g/mol. The number of halogens is 2. The number of carbonyl (C=O) groups is 2. The molecule has 0 spiro atoms. The predicted molar refractivity (Wildman–Crippen MR) is 150 cm³/mol. The molecule has 4 aromatic rings. The summed E-state index contributed by atoms with van der Waals surface area (Å²) in [5.41, 5.74) is 5.91. The van der Waals surface area contributed by atoms with Crippen LogP contribution in [0.25, 0.3) is 17.1 Å². The van der Waals surface area contributed by atoms with Crippen molar-refractivity contribution in [1.82, 2.24) is 19.7 Å². The summed E-state index contributed by atoms with van der Waals surface area (Å²) in [6, 6.07) is 10.1. The van der Waals surface area contributed by atoms with Gasteiger partial charge in [0, 0.05) is 24.8 Å². The second kappa shape index (κ2) is 11.7. The lowest BCUT2D eigenvalue weighted by Crippen LogP contribution is -2.38. The SMILES string of the molecule is CC(C)(C)OC(=O)N(CC1CC1)c1cc(-c2nc(C(=O)Nc3cn(-c4ccc(CN)cc4)nc3C(F)F)co2)ccn1. The van der Waals surface area contributed by atoms with E-state index in [1.165, 1.54) is 22.0 Å². The summed E-state index contributed by atoms with van der Waals surface area (Å²) in [5, 5.41) is 6.40. The Morgan fingerprint density at radius 3 is 2.60 bits per heavy atom. The fourth-order valence-electron chi connectivity index (χ4n) is 4.10. The van der Waals surface area contributed by atoms with Gasteiger partial charge in [0.2, 0.25) is 5.89 Å². The van der Waals surface area contributed by atoms with E-state index in [2.05, 4.69) is 20.4 Å². The molecule has 1 aliphatic carbocycles. The van der Waals surface area contributed by atoms with E-state index < -0.39 is 29.7 Å². The number of aromatic nitrogens is 4. The van der Waals surface area contributed by atoms with Gasteiger partial charge in [-0.1, -0.05) is 12.1 Å². The number of pyridine rings is 1. The third kappa shape index (κ3) is 6.79. The third-order valence-electron chi connectivity index (χ3n) is 6.39. The van der Waals surface area contributed by atoms with Gasteiger partial charge in [-0.3, -0.25) is 9.69 Å². The highest BCUT2D eigenvalue weighted by molar-refractivity contribution is 6.03. The molecule has 42 heavy (non-hydrogen) atoms. The van der Waals surface area contributed by atoms with E-state index in [1.54, 1.807) is 57.2 Å². The molecule has 0 bridgehead atoms. The van der Waals surface area contributed by atoms with Gasteiger partial charge in [-0.05, 0) is 69.4 Å². The zero-order valence-corrected chi connectivity index (χ0v) is 23.4. The zero-order chi connectivity index (χ0) is 30.0. The van der Waals surface area contributed by atoms with E-state index in [-0.39, 0.29) is 17.3 Å². The lowest BCUT2D eigenvalue weighted by Gasteiger charge is -2.27. The molecule has 3 heterocycles. The summed E-state index contributed by atoms with van der Waals surface area (Å²) in [6.45, 7) is 6.17. The molecule has 220 valence electrons. The molecule has 11 nitrogen and oxygen atoms in total. The number of carbonyl (C=O) groups excluding carboxylic acids is 2. The van der Waals surface area contributed by atoms with E-state index in [4.69, 9.17) is 14.9 Å². The maximum absolute atomic E-state index is 13.8. The molecular formula is C29H31F2N7O4. The maximum atomic E-state index is 13.8. The van der Waals surface area contributed by atoms with Crippen LogP contribution in [0.15, 0.2) is 59.5 Å². The van der Waals surface area contributed by atoms with Gasteiger partial charge in [0.15, 0.2) is 11.4 Å². The minimum Gasteiger partial charge on any atom is -0.444 e. The van der Waals surface area contributed by atoms with Crippen LogP contribution in [0.4, 0.5) is 25.1 Å². The zero-order valence-electron chi connectivity index (χ0n) is 23.4. The first-order valence-corrected chi connectivity index (χ1v) is 13.4. The van der Waals surface area contributed by atoms with Crippen LogP contribution in [0.3, 0.4) is 0 Å². The van der Waals surface area contributed by atoms with Crippen LogP contribution in [0.1, 0.15) is 61.8 Å². The van der Waals surface area contributed by atoms with Crippen molar-refractivity contribution in [3.8, 4) is 17.1 Å². The molecule has 2 amide bonds. The van der Waals surface area contributed by atoms with Gasteiger partial charge < -0.3 is 20.2 Å². The van der Waals surface area contributed by atoms with E-state index in [9.17, 15) is 18.4 Å². The van der Waals surface area contributed by atoms with Crippen molar-refractivity contribution in [1.29, 1.82) is 0 Å². The van der Waals surface area contributed by atoms with Crippen molar-refractivity contribution >= 4 is 23.5 Å². The first-order chi connectivity index (χ1) is 20.0. The summed E-state index contributed by atoms with van der Waals surface area (Å²) in [6.07, 6.45) is 2.51. The largest absolute Gasteiger partial charge is 0.444 e. The number of alkyl halides is 2. The number of rotatable bonds is 9. The van der Waals surface area contributed by atoms with Gasteiger partial charge in [0.1, 0.15) is 17.7 Å². The number of nitrogens with two attached hydrogens (primary N) is 1. The Morgan fingerprint density at radius 2 is 1.95 bits per heavy atom. The third-order valence-corrected chi connectivity index (χ3v) is 6.39. The Morgan fingerprint density at radius 1 is 1.21 bits per heavy atom. The second-order valence-electron chi connectivity index (χ2n) is 11.0. The molecule has 1 fully saturated rings. The number of nitrogens with one attached hydrogen (secondary N) is 1. The fourth-order valence-corrected chi connectivity index (χ4v) is 4.10. The molecule has 0 atom stereocenters. The molecular weight excluding hydrogens is 548 g/mol. The van der Waals surface area contributed by atoms with Crippen LogP contribution in [0, 0.1) is 5.92 Å². The van der Waals surface area contributed by atoms with Gasteiger partial charge in [-0.2, -0.15) is 5.10 Å². The summed E-state index contributed by atoms with van der Waals surface area (Å²) in [5.74, 6) is 0.0478. The van der Waals surface area contributed by atoms with Crippen molar-refractivity contribution in [3.05, 3.63) is 72.0 Å². The van der Waals surface area contributed by atoms with Crippen molar-refractivity contribution in [2.75, 3.05) is 16.8 Å². The number of hydrogen-bond donors (Lipinski definition) is 2. The number of amides is 2. The summed E-state index contributed by atoms with van der Waals surface area (Å²) < 4.78 is 39.9. The Bertz CT molecular complexity index is 1570. The lowest BCUT2D eigenvalue weighted by molar-refractivity contribution is 0.0577. The molecule has 0 aliphatic heterocycles. The van der Waals surface area contributed by atoms with Gasteiger partial charge >= 0.3 is 6.09 Å². The fraction of sp³-hybridized carbons (Fsp3) is 0.345. The van der Waals surface area contributed by atoms with Gasteiger partial charge in [-0.25, -0.2) is 28.2 Å². The highest BCUT2D eigenvalue weighted by Gasteiger charge is 2.31. The maximum Gasteiger partial charge on any atom is 0.416 e. The van der Waals surface area contributed by atoms with Crippen LogP contribution >= 0.6 is 0 Å². The molecule has 3 aromatic heterocycles. The first-order valence-electron chi connectivity index (χ1n) is 13.4. The lowest BCUT2D eigenvalue weighted by atomic mass is 10.2. The number of anilines is 2. The number of benzene rings is 1. The molecule has 1 saturated carbocycles. The summed E-state index contributed by atoms with van der Waals surface area (Å²) in [7, 11) is 0. The van der Waals surface area contributed by atoms with Crippen LogP contribution in [-0.4, -0.2) is 43.9 Å². The number of oxazole rings is 1. The highest BCUT2D eigenvalue weighted by atomic mass is 19.3. The van der Waals surface area contributed by atoms with E-state index in [1.807, 2.05) is 0 Å². The number of nitrogens with zero attached hydrogens (tertiary/aromatic N) is 5. The Labute approximate surface area is 240 Å². The molecule has 13 heteroatoms. The average Bonchev–Trinajstić information content (AvgIpc) is 3.45. The Kier molecular flexibility index (Phi) is 8.03. The Hall–Kier alpha value is -4.65. The Balaban J connectivity index is 1.35. The first kappa shape index (κ1) is 28.9. The second-order valence-corrected chi connectivity index (χ2v) is 11.0. The molecule has 0 unspecified atom stereocenters. The highest BCUT2D eigenvalue weighted by Crippen LogP contribution is 2.33. The number of ether oxygens (including phenoxy) is 1. The van der Waals surface area contributed by atoms with Crippen LogP contribution in [-0.2, 0) is 11.3 Å². The van der Waals surface area contributed by atoms with Gasteiger partial charge in [-0.15, -0.1) is 0 Å².